The van der Waals surface area contributed by atoms with Gasteiger partial charge >= 0.3 is 0 Å². The van der Waals surface area contributed by atoms with E-state index in [2.05, 4.69) is 58.6 Å². The number of piperazine rings is 1. The van der Waals surface area contributed by atoms with Gasteiger partial charge < -0.3 is 20.4 Å². The smallest absolute Gasteiger partial charge is 0.224 e. The Labute approximate surface area is 168 Å². The summed E-state index contributed by atoms with van der Waals surface area (Å²) in [4.78, 5) is 20.8. The maximum atomic E-state index is 12.3. The van der Waals surface area contributed by atoms with E-state index < -0.39 is 0 Å². The van der Waals surface area contributed by atoms with E-state index in [4.69, 9.17) is 0 Å². The minimum absolute atomic E-state index is 0. The van der Waals surface area contributed by atoms with Gasteiger partial charge in [0.15, 0.2) is 5.96 Å². The van der Waals surface area contributed by atoms with Crippen LogP contribution in [0.1, 0.15) is 20.3 Å². The highest BCUT2D eigenvalue weighted by molar-refractivity contribution is 14.0. The van der Waals surface area contributed by atoms with Crippen molar-refractivity contribution in [2.75, 3.05) is 44.7 Å². The van der Waals surface area contributed by atoms with Crippen LogP contribution < -0.4 is 15.5 Å². The predicted octanol–water partition coefficient (Wildman–Crippen LogP) is 1.92. The van der Waals surface area contributed by atoms with Crippen molar-refractivity contribution in [1.82, 2.24) is 15.5 Å². The second kappa shape index (κ2) is 11.2. The number of halogens is 1. The van der Waals surface area contributed by atoms with Crippen LogP contribution in [0, 0.1) is 0 Å². The monoisotopic (exact) mass is 459 g/mol. The molecule has 140 valence electrons. The first kappa shape index (κ1) is 21.5. The summed E-state index contributed by atoms with van der Waals surface area (Å²) in [5, 5.41) is 6.40. The maximum Gasteiger partial charge on any atom is 0.224 e. The standard InChI is InChI=1S/C18H29N5O.HI/c1-15(2)21-18(19-3)20-10-9-17(24)23-13-11-22(12-14-23)16-7-5-4-6-8-16;/h4-8,15H,9-14H2,1-3H3,(H2,19,20,21);1H. The summed E-state index contributed by atoms with van der Waals surface area (Å²) in [6.45, 7) is 8.07. The minimum Gasteiger partial charge on any atom is -0.368 e. The van der Waals surface area contributed by atoms with Gasteiger partial charge in [0.1, 0.15) is 0 Å². The highest BCUT2D eigenvalue weighted by atomic mass is 127. The number of benzene rings is 1. The Morgan fingerprint density at radius 1 is 1.16 bits per heavy atom. The van der Waals surface area contributed by atoms with Gasteiger partial charge in [0, 0.05) is 57.9 Å². The Kier molecular flexibility index (Phi) is 9.62. The van der Waals surface area contributed by atoms with E-state index in [-0.39, 0.29) is 29.9 Å². The van der Waals surface area contributed by atoms with Gasteiger partial charge in [0.05, 0.1) is 0 Å². The topological polar surface area (TPSA) is 60.0 Å². The lowest BCUT2D eigenvalue weighted by Gasteiger charge is -2.36. The molecule has 2 N–H and O–H groups in total. The number of hydrogen-bond acceptors (Lipinski definition) is 3. The quantitative estimate of drug-likeness (QED) is 0.402. The molecule has 1 heterocycles. The number of carbonyl (C=O) groups excluding carboxylic acids is 1. The van der Waals surface area contributed by atoms with Gasteiger partial charge in [-0.2, -0.15) is 0 Å². The van der Waals surface area contributed by atoms with Crippen molar-refractivity contribution in [3.63, 3.8) is 0 Å². The molecule has 1 aliphatic rings. The summed E-state index contributed by atoms with van der Waals surface area (Å²) in [5.74, 6) is 0.946. The molecule has 25 heavy (non-hydrogen) atoms. The van der Waals surface area contributed by atoms with Crippen molar-refractivity contribution in [2.45, 2.75) is 26.3 Å². The number of nitrogens with one attached hydrogen (secondary N) is 2. The van der Waals surface area contributed by atoms with Crippen molar-refractivity contribution < 1.29 is 4.79 Å². The normalized spacial score (nSPS) is 15.0. The zero-order valence-electron chi connectivity index (χ0n) is 15.4. The van der Waals surface area contributed by atoms with Crippen LogP contribution in [0.4, 0.5) is 5.69 Å². The van der Waals surface area contributed by atoms with E-state index in [9.17, 15) is 4.79 Å². The molecule has 0 spiro atoms. The van der Waals surface area contributed by atoms with Gasteiger partial charge in [0.2, 0.25) is 5.91 Å². The molecule has 1 saturated heterocycles. The van der Waals surface area contributed by atoms with E-state index in [1.54, 1.807) is 7.05 Å². The molecule has 0 bridgehead atoms. The first-order valence-electron chi connectivity index (χ1n) is 8.65. The SMILES string of the molecule is CN=C(NCCC(=O)N1CCN(c2ccccc2)CC1)NC(C)C.I. The van der Waals surface area contributed by atoms with Crippen molar-refractivity contribution in [3.05, 3.63) is 30.3 Å². The lowest BCUT2D eigenvalue weighted by Crippen LogP contribution is -2.49. The third-order valence-corrected chi connectivity index (χ3v) is 4.03. The van der Waals surface area contributed by atoms with Gasteiger partial charge in [0.25, 0.3) is 0 Å². The summed E-state index contributed by atoms with van der Waals surface area (Å²) in [7, 11) is 1.74. The largest absolute Gasteiger partial charge is 0.368 e. The Bertz CT molecular complexity index is 542. The number of carbonyl (C=O) groups is 1. The maximum absolute atomic E-state index is 12.3. The molecule has 0 aliphatic carbocycles. The molecule has 1 aromatic rings. The molecule has 0 atom stereocenters. The number of nitrogens with zero attached hydrogens (tertiary/aromatic N) is 3. The van der Waals surface area contributed by atoms with Crippen LogP contribution in [0.15, 0.2) is 35.3 Å². The van der Waals surface area contributed by atoms with E-state index in [1.807, 2.05) is 11.0 Å². The Balaban J connectivity index is 0.00000312. The van der Waals surface area contributed by atoms with Crippen molar-refractivity contribution in [2.24, 2.45) is 4.99 Å². The molecule has 1 aromatic carbocycles. The number of rotatable bonds is 5. The molecular formula is C18H30IN5O. The van der Waals surface area contributed by atoms with Crippen LogP contribution in [0.25, 0.3) is 0 Å². The molecular weight excluding hydrogens is 429 g/mol. The molecule has 6 nitrogen and oxygen atoms in total. The van der Waals surface area contributed by atoms with Crippen LogP contribution in [0.2, 0.25) is 0 Å². The zero-order valence-corrected chi connectivity index (χ0v) is 17.7. The highest BCUT2D eigenvalue weighted by Crippen LogP contribution is 2.15. The Morgan fingerprint density at radius 2 is 1.80 bits per heavy atom. The number of anilines is 1. The van der Waals surface area contributed by atoms with Gasteiger partial charge in [-0.25, -0.2) is 0 Å². The van der Waals surface area contributed by atoms with Crippen LogP contribution in [-0.2, 0) is 4.79 Å². The average Bonchev–Trinajstić information content (AvgIpc) is 2.61. The van der Waals surface area contributed by atoms with E-state index >= 15 is 0 Å². The average molecular weight is 459 g/mol. The third-order valence-electron chi connectivity index (χ3n) is 4.03. The first-order valence-corrected chi connectivity index (χ1v) is 8.65. The molecule has 0 saturated carbocycles. The van der Waals surface area contributed by atoms with E-state index in [1.165, 1.54) is 5.69 Å². The predicted molar refractivity (Wildman–Crippen MR) is 115 cm³/mol. The number of para-hydroxylation sites is 1. The van der Waals surface area contributed by atoms with Crippen LogP contribution >= 0.6 is 24.0 Å². The number of aliphatic imine (C=N–C) groups is 1. The lowest BCUT2D eigenvalue weighted by atomic mass is 10.2. The summed E-state index contributed by atoms with van der Waals surface area (Å²) >= 11 is 0. The fourth-order valence-corrected chi connectivity index (χ4v) is 2.77. The molecule has 0 radical (unpaired) electrons. The fourth-order valence-electron chi connectivity index (χ4n) is 2.77. The second-order valence-electron chi connectivity index (χ2n) is 6.25. The summed E-state index contributed by atoms with van der Waals surface area (Å²) < 4.78 is 0. The molecule has 1 aliphatic heterocycles. The second-order valence-corrected chi connectivity index (χ2v) is 6.25. The molecule has 2 rings (SSSR count). The van der Waals surface area contributed by atoms with Crippen LogP contribution in [0.5, 0.6) is 0 Å². The summed E-state index contributed by atoms with van der Waals surface area (Å²) in [6.07, 6.45) is 0.490. The third kappa shape index (κ3) is 7.09. The fraction of sp³-hybridized carbons (Fsp3) is 0.556. The Morgan fingerprint density at radius 3 is 2.36 bits per heavy atom. The van der Waals surface area contributed by atoms with Crippen LogP contribution in [0.3, 0.4) is 0 Å². The van der Waals surface area contributed by atoms with Crippen LogP contribution in [-0.4, -0.2) is 62.6 Å². The summed E-state index contributed by atoms with van der Waals surface area (Å²) in [5.41, 5.74) is 1.23. The molecule has 1 amide bonds. The van der Waals surface area contributed by atoms with Crippen molar-refractivity contribution >= 4 is 41.5 Å². The van der Waals surface area contributed by atoms with Crippen molar-refractivity contribution in [3.8, 4) is 0 Å². The van der Waals surface area contributed by atoms with Gasteiger partial charge in [-0.15, -0.1) is 24.0 Å². The summed E-state index contributed by atoms with van der Waals surface area (Å²) in [6, 6.07) is 10.7. The van der Waals surface area contributed by atoms with E-state index in [0.717, 1.165) is 32.1 Å². The van der Waals surface area contributed by atoms with Crippen molar-refractivity contribution in [1.29, 1.82) is 0 Å². The number of amides is 1. The first-order chi connectivity index (χ1) is 11.6. The minimum atomic E-state index is 0. The molecule has 7 heteroatoms. The van der Waals surface area contributed by atoms with Gasteiger partial charge in [-0.1, -0.05) is 18.2 Å². The zero-order chi connectivity index (χ0) is 17.4. The molecule has 1 fully saturated rings. The lowest BCUT2D eigenvalue weighted by molar-refractivity contribution is -0.131. The highest BCUT2D eigenvalue weighted by Gasteiger charge is 2.20. The molecule has 0 aromatic heterocycles. The Hall–Kier alpha value is -1.51. The molecule has 0 unspecified atom stereocenters. The van der Waals surface area contributed by atoms with Gasteiger partial charge in [-0.05, 0) is 26.0 Å². The number of guanidine groups is 1. The van der Waals surface area contributed by atoms with Gasteiger partial charge in [-0.3, -0.25) is 9.79 Å². The van der Waals surface area contributed by atoms with E-state index in [0.29, 0.717) is 19.0 Å². The number of hydrogen-bond donors (Lipinski definition) is 2.